The Hall–Kier alpha value is -3.26. The highest BCUT2D eigenvalue weighted by Crippen LogP contribution is 2.42. The van der Waals surface area contributed by atoms with Crippen molar-refractivity contribution in [2.24, 2.45) is 0 Å². The van der Waals surface area contributed by atoms with Crippen LogP contribution < -0.4 is 11.2 Å². The van der Waals surface area contributed by atoms with E-state index in [-0.39, 0.29) is 23.1 Å². The van der Waals surface area contributed by atoms with Crippen molar-refractivity contribution in [2.45, 2.75) is 36.1 Å². The molecule has 6 nitrogen and oxygen atoms in total. The number of H-pyrrole nitrogens is 1. The largest absolute Gasteiger partial charge is 0.358 e. The number of aromatic nitrogens is 2. The van der Waals surface area contributed by atoms with Crippen molar-refractivity contribution in [3.8, 4) is 0 Å². The Morgan fingerprint density at radius 2 is 1.42 bits per heavy atom. The molecule has 0 saturated carbocycles. The first-order chi connectivity index (χ1) is 17.5. The van der Waals surface area contributed by atoms with Crippen LogP contribution in [0.1, 0.15) is 34.9 Å². The summed E-state index contributed by atoms with van der Waals surface area (Å²) in [5, 5.41) is 0. The molecule has 1 saturated heterocycles. The Balaban J connectivity index is 1.50. The van der Waals surface area contributed by atoms with E-state index in [4.69, 9.17) is 9.47 Å². The molecule has 3 atom stereocenters. The Bertz CT molecular complexity index is 1320. The minimum atomic E-state index is -0.858. The second-order valence-corrected chi connectivity index (χ2v) is 10.1. The maximum absolute atomic E-state index is 12.4. The number of rotatable bonds is 7. The summed E-state index contributed by atoms with van der Waals surface area (Å²) < 4.78 is 14.7. The van der Waals surface area contributed by atoms with Gasteiger partial charge >= 0.3 is 5.69 Å². The third kappa shape index (κ3) is 4.62. The molecule has 2 heterocycles. The van der Waals surface area contributed by atoms with Gasteiger partial charge in [-0.1, -0.05) is 107 Å². The van der Waals surface area contributed by atoms with Gasteiger partial charge in [-0.3, -0.25) is 14.3 Å². The van der Waals surface area contributed by atoms with Gasteiger partial charge in [-0.2, -0.15) is 0 Å². The van der Waals surface area contributed by atoms with Gasteiger partial charge in [0.05, 0.1) is 12.7 Å². The lowest BCUT2D eigenvalue weighted by molar-refractivity contribution is -0.0763. The van der Waals surface area contributed by atoms with Gasteiger partial charge in [-0.05, 0) is 23.6 Å². The molecule has 184 valence electrons. The van der Waals surface area contributed by atoms with Gasteiger partial charge < -0.3 is 9.47 Å². The minimum absolute atomic E-state index is 0.0401. The highest BCUT2D eigenvalue weighted by molar-refractivity contribution is 9.09. The fraction of sp³-hybridized carbons (Fsp3) is 0.241. The van der Waals surface area contributed by atoms with Crippen molar-refractivity contribution in [3.05, 3.63) is 140 Å². The average molecular weight is 547 g/mol. The smallest absolute Gasteiger partial charge is 0.330 e. The fourth-order valence-electron chi connectivity index (χ4n) is 4.79. The molecule has 1 aliphatic rings. The van der Waals surface area contributed by atoms with Crippen LogP contribution in [0.2, 0.25) is 0 Å². The van der Waals surface area contributed by atoms with Crippen LogP contribution in [0.4, 0.5) is 0 Å². The summed E-state index contributed by atoms with van der Waals surface area (Å²) >= 11 is 3.74. The molecule has 5 rings (SSSR count). The summed E-state index contributed by atoms with van der Waals surface area (Å²) in [4.78, 5) is 26.6. The number of hydrogen-bond acceptors (Lipinski definition) is 4. The molecular weight excluding hydrogens is 520 g/mol. The van der Waals surface area contributed by atoms with E-state index < -0.39 is 17.5 Å². The second kappa shape index (κ2) is 10.4. The molecule has 36 heavy (non-hydrogen) atoms. The standard InChI is InChI=1S/C29H27BrN2O4/c1-20-18-32(28(34)31-27(20)33)26-17-24(30)25(36-26)19-35-29(21-11-5-2-6-12-21,22-13-7-3-8-14-22)23-15-9-4-10-16-23/h2-16,18,24-26H,17,19H2,1H3,(H,31,33,34)/t24-,25+,26+/m0/s1. The number of nitrogens with one attached hydrogen (secondary N) is 1. The Morgan fingerprint density at radius 3 is 1.92 bits per heavy atom. The molecular formula is C29H27BrN2O4. The Kier molecular flexibility index (Phi) is 7.05. The third-order valence-corrected chi connectivity index (χ3v) is 7.59. The van der Waals surface area contributed by atoms with E-state index in [1.54, 1.807) is 13.1 Å². The van der Waals surface area contributed by atoms with Crippen LogP contribution in [0.5, 0.6) is 0 Å². The van der Waals surface area contributed by atoms with E-state index in [1.807, 2.05) is 54.6 Å². The first kappa shape index (κ1) is 24.4. The molecule has 0 unspecified atom stereocenters. The van der Waals surface area contributed by atoms with Gasteiger partial charge in [-0.25, -0.2) is 4.79 Å². The van der Waals surface area contributed by atoms with Gasteiger partial charge in [0.15, 0.2) is 0 Å². The molecule has 0 aliphatic carbocycles. The van der Waals surface area contributed by atoms with Gasteiger partial charge in [0, 0.05) is 23.0 Å². The number of aryl methyl sites for hydroxylation is 1. The van der Waals surface area contributed by atoms with Crippen LogP contribution in [0.15, 0.2) is 107 Å². The minimum Gasteiger partial charge on any atom is -0.358 e. The Labute approximate surface area is 217 Å². The molecule has 0 amide bonds. The number of nitrogens with zero attached hydrogens (tertiary/aromatic N) is 1. The van der Waals surface area contributed by atoms with Crippen LogP contribution in [-0.2, 0) is 15.1 Å². The predicted molar refractivity (Wildman–Crippen MR) is 142 cm³/mol. The third-order valence-electron chi connectivity index (χ3n) is 6.62. The number of benzene rings is 3. The van der Waals surface area contributed by atoms with Crippen LogP contribution in [0.25, 0.3) is 0 Å². The van der Waals surface area contributed by atoms with E-state index in [9.17, 15) is 9.59 Å². The molecule has 0 radical (unpaired) electrons. The molecule has 7 heteroatoms. The molecule has 1 N–H and O–H groups in total. The van der Waals surface area contributed by atoms with Crippen LogP contribution in [0.3, 0.4) is 0 Å². The number of hydrogen-bond donors (Lipinski definition) is 1. The van der Waals surface area contributed by atoms with Crippen molar-refractivity contribution < 1.29 is 9.47 Å². The summed E-state index contributed by atoms with van der Waals surface area (Å²) in [6.07, 6.45) is 1.29. The van der Waals surface area contributed by atoms with Crippen molar-refractivity contribution in [2.75, 3.05) is 6.61 Å². The maximum Gasteiger partial charge on any atom is 0.330 e. The molecule has 0 bridgehead atoms. The zero-order chi connectivity index (χ0) is 25.1. The normalized spacial score (nSPS) is 19.9. The van der Waals surface area contributed by atoms with Crippen molar-refractivity contribution in [3.63, 3.8) is 0 Å². The first-order valence-electron chi connectivity index (χ1n) is 11.9. The van der Waals surface area contributed by atoms with Crippen LogP contribution >= 0.6 is 15.9 Å². The van der Waals surface area contributed by atoms with E-state index >= 15 is 0 Å². The molecule has 1 aromatic heterocycles. The van der Waals surface area contributed by atoms with Gasteiger partial charge in [0.2, 0.25) is 0 Å². The second-order valence-electron chi connectivity index (χ2n) is 8.95. The fourth-order valence-corrected chi connectivity index (χ4v) is 5.38. The van der Waals surface area contributed by atoms with Gasteiger partial charge in [0.1, 0.15) is 11.8 Å². The lowest BCUT2D eigenvalue weighted by Crippen LogP contribution is -2.37. The Morgan fingerprint density at radius 1 is 0.917 bits per heavy atom. The van der Waals surface area contributed by atoms with Crippen molar-refractivity contribution >= 4 is 15.9 Å². The molecule has 1 aliphatic heterocycles. The zero-order valence-corrected chi connectivity index (χ0v) is 21.4. The highest BCUT2D eigenvalue weighted by atomic mass is 79.9. The molecule has 4 aromatic rings. The first-order valence-corrected chi connectivity index (χ1v) is 12.8. The van der Waals surface area contributed by atoms with Gasteiger partial charge in [0.25, 0.3) is 5.56 Å². The number of alkyl halides is 1. The van der Waals surface area contributed by atoms with E-state index in [2.05, 4.69) is 57.3 Å². The maximum atomic E-state index is 12.4. The van der Waals surface area contributed by atoms with Crippen molar-refractivity contribution in [1.29, 1.82) is 0 Å². The average Bonchev–Trinajstić information content (AvgIpc) is 3.28. The van der Waals surface area contributed by atoms with E-state index in [1.165, 1.54) is 4.57 Å². The zero-order valence-electron chi connectivity index (χ0n) is 19.8. The lowest BCUT2D eigenvalue weighted by Gasteiger charge is -2.37. The number of aromatic amines is 1. The molecule has 3 aromatic carbocycles. The molecule has 1 fully saturated rings. The van der Waals surface area contributed by atoms with E-state index in [0.29, 0.717) is 12.0 Å². The predicted octanol–water partition coefficient (Wildman–Crippen LogP) is 4.90. The summed E-state index contributed by atoms with van der Waals surface area (Å²) in [6, 6.07) is 30.5. The monoisotopic (exact) mass is 546 g/mol. The SMILES string of the molecule is Cc1cn([C@H]2C[C@H](Br)[C@@H](COC(c3ccccc3)(c3ccccc3)c3ccccc3)O2)c(=O)[nH]c1=O. The molecule has 0 spiro atoms. The summed E-state index contributed by atoms with van der Waals surface area (Å²) in [7, 11) is 0. The van der Waals surface area contributed by atoms with Crippen LogP contribution in [0, 0.1) is 6.92 Å². The quantitative estimate of drug-likeness (QED) is 0.264. The lowest BCUT2D eigenvalue weighted by atomic mass is 9.80. The number of halogens is 1. The van der Waals surface area contributed by atoms with Crippen LogP contribution in [-0.4, -0.2) is 27.1 Å². The topological polar surface area (TPSA) is 73.3 Å². The number of ether oxygens (including phenoxy) is 2. The van der Waals surface area contributed by atoms with E-state index in [0.717, 1.165) is 16.7 Å². The summed E-state index contributed by atoms with van der Waals surface area (Å²) in [5.41, 5.74) is 1.76. The highest BCUT2D eigenvalue weighted by Gasteiger charge is 2.41. The van der Waals surface area contributed by atoms with Crippen molar-refractivity contribution in [1.82, 2.24) is 9.55 Å². The summed E-state index contributed by atoms with van der Waals surface area (Å²) in [5.74, 6) is 0. The summed E-state index contributed by atoms with van der Waals surface area (Å²) in [6.45, 7) is 1.95. The van der Waals surface area contributed by atoms with Gasteiger partial charge in [-0.15, -0.1) is 0 Å².